The fraction of sp³-hybridized carbons (Fsp3) is 0.381. The summed E-state index contributed by atoms with van der Waals surface area (Å²) in [5, 5.41) is 13.8. The zero-order valence-electron chi connectivity index (χ0n) is 17.1. The number of benzene rings is 2. The Morgan fingerprint density at radius 3 is 2.27 bits per heavy atom. The number of anilines is 1. The number of nitro benzene ring substituents is 1. The van der Waals surface area contributed by atoms with Crippen molar-refractivity contribution in [2.75, 3.05) is 18.4 Å². The zero-order valence-corrected chi connectivity index (χ0v) is 17.9. The van der Waals surface area contributed by atoms with Gasteiger partial charge in [0.25, 0.3) is 11.6 Å². The summed E-state index contributed by atoms with van der Waals surface area (Å²) < 4.78 is 27.8. The molecule has 3 rings (SSSR count). The average Bonchev–Trinajstić information content (AvgIpc) is 2.99. The van der Waals surface area contributed by atoms with Gasteiger partial charge in [-0.3, -0.25) is 14.9 Å². The lowest BCUT2D eigenvalue weighted by Gasteiger charge is -2.21. The molecule has 160 valence electrons. The Labute approximate surface area is 176 Å². The molecule has 30 heavy (non-hydrogen) atoms. The molecule has 2 aromatic carbocycles. The molecule has 1 heterocycles. The summed E-state index contributed by atoms with van der Waals surface area (Å²) in [6, 6.07) is 8.96. The number of nitro groups is 1. The number of sulfonamides is 1. The number of aryl methyl sites for hydroxylation is 2. The molecule has 1 fully saturated rings. The van der Waals surface area contributed by atoms with E-state index in [1.807, 2.05) is 0 Å². The number of amides is 1. The van der Waals surface area contributed by atoms with Gasteiger partial charge in [0.2, 0.25) is 10.0 Å². The van der Waals surface area contributed by atoms with Crippen LogP contribution in [0.3, 0.4) is 0 Å². The van der Waals surface area contributed by atoms with Crippen molar-refractivity contribution in [1.82, 2.24) is 4.31 Å². The lowest BCUT2D eigenvalue weighted by molar-refractivity contribution is -0.385. The largest absolute Gasteiger partial charge is 0.322 e. The molecule has 0 saturated carbocycles. The van der Waals surface area contributed by atoms with E-state index in [0.29, 0.717) is 29.9 Å². The van der Waals surface area contributed by atoms with Crippen molar-refractivity contribution in [3.8, 4) is 0 Å². The first kappa shape index (κ1) is 21.9. The van der Waals surface area contributed by atoms with Crippen molar-refractivity contribution in [3.05, 3.63) is 63.2 Å². The third-order valence-electron chi connectivity index (χ3n) is 5.30. The maximum atomic E-state index is 13.2. The molecule has 0 unspecified atom stereocenters. The van der Waals surface area contributed by atoms with Crippen molar-refractivity contribution in [3.63, 3.8) is 0 Å². The van der Waals surface area contributed by atoms with Gasteiger partial charge in [-0.2, -0.15) is 4.31 Å². The first-order valence-electron chi connectivity index (χ1n) is 9.87. The Morgan fingerprint density at radius 1 is 1.00 bits per heavy atom. The Morgan fingerprint density at radius 2 is 1.63 bits per heavy atom. The highest BCUT2D eigenvalue weighted by Crippen LogP contribution is 2.26. The number of carbonyl (C=O) groups is 1. The number of rotatable bonds is 5. The number of carbonyl (C=O) groups excluding carboxylic acids is 1. The molecule has 0 atom stereocenters. The molecule has 1 aliphatic heterocycles. The minimum Gasteiger partial charge on any atom is -0.322 e. The van der Waals surface area contributed by atoms with Gasteiger partial charge in [-0.05, 0) is 50.5 Å². The lowest BCUT2D eigenvalue weighted by atomic mass is 10.1. The molecule has 9 heteroatoms. The minimum atomic E-state index is -3.67. The van der Waals surface area contributed by atoms with E-state index in [2.05, 4.69) is 5.32 Å². The molecule has 0 spiro atoms. The van der Waals surface area contributed by atoms with Crippen LogP contribution in [0.25, 0.3) is 0 Å². The topological polar surface area (TPSA) is 110 Å². The molecule has 8 nitrogen and oxygen atoms in total. The summed E-state index contributed by atoms with van der Waals surface area (Å²) in [6.45, 7) is 4.30. The zero-order chi connectivity index (χ0) is 21.9. The summed E-state index contributed by atoms with van der Waals surface area (Å²) in [7, 11) is -3.67. The second-order valence-electron chi connectivity index (χ2n) is 7.51. The summed E-state index contributed by atoms with van der Waals surface area (Å²) in [4.78, 5) is 23.4. The fourth-order valence-electron chi connectivity index (χ4n) is 3.53. The monoisotopic (exact) mass is 431 g/mol. The molecule has 0 aromatic heterocycles. The van der Waals surface area contributed by atoms with Crippen molar-refractivity contribution in [1.29, 1.82) is 0 Å². The van der Waals surface area contributed by atoms with Gasteiger partial charge < -0.3 is 5.32 Å². The van der Waals surface area contributed by atoms with Gasteiger partial charge in [-0.1, -0.05) is 25.0 Å². The van der Waals surface area contributed by atoms with Crippen molar-refractivity contribution in [2.45, 2.75) is 44.4 Å². The van der Waals surface area contributed by atoms with E-state index >= 15 is 0 Å². The maximum absolute atomic E-state index is 13.2. The van der Waals surface area contributed by atoms with E-state index in [1.165, 1.54) is 28.6 Å². The highest BCUT2D eigenvalue weighted by atomic mass is 32.2. The van der Waals surface area contributed by atoms with Crippen LogP contribution in [-0.2, 0) is 10.0 Å². The SMILES string of the molecule is Cc1ccc(C(=O)Nc2ccc(C)c(S(=O)(=O)N3CCCCCC3)c2)cc1[N+](=O)[O-]. The predicted octanol–water partition coefficient (Wildman–Crippen LogP) is 4.03. The molecule has 1 aliphatic rings. The molecule has 1 saturated heterocycles. The Hall–Kier alpha value is -2.78. The van der Waals surface area contributed by atoms with Gasteiger partial charge in [-0.15, -0.1) is 0 Å². The molecular formula is C21H25N3O5S. The second kappa shape index (κ2) is 8.93. The molecule has 0 aliphatic carbocycles. The van der Waals surface area contributed by atoms with Crippen LogP contribution in [0.5, 0.6) is 0 Å². The van der Waals surface area contributed by atoms with Crippen LogP contribution in [-0.4, -0.2) is 36.6 Å². The van der Waals surface area contributed by atoms with Gasteiger partial charge in [0.15, 0.2) is 0 Å². The van der Waals surface area contributed by atoms with Crippen molar-refractivity contribution >= 4 is 27.3 Å². The molecule has 1 N–H and O–H groups in total. The van der Waals surface area contributed by atoms with Gasteiger partial charge in [0, 0.05) is 36.0 Å². The first-order chi connectivity index (χ1) is 14.2. The van der Waals surface area contributed by atoms with E-state index in [-0.39, 0.29) is 16.1 Å². The lowest BCUT2D eigenvalue weighted by Crippen LogP contribution is -2.32. The smallest absolute Gasteiger partial charge is 0.273 e. The van der Waals surface area contributed by atoms with Gasteiger partial charge in [0.1, 0.15) is 0 Å². The van der Waals surface area contributed by atoms with Crippen LogP contribution in [0, 0.1) is 24.0 Å². The first-order valence-corrected chi connectivity index (χ1v) is 11.3. The van der Waals surface area contributed by atoms with E-state index in [0.717, 1.165) is 25.7 Å². The average molecular weight is 432 g/mol. The molecule has 2 aromatic rings. The summed E-state index contributed by atoms with van der Waals surface area (Å²) in [5.41, 5.74) is 1.36. The van der Waals surface area contributed by atoms with Gasteiger partial charge in [-0.25, -0.2) is 8.42 Å². The number of nitrogens with one attached hydrogen (secondary N) is 1. The normalized spacial score (nSPS) is 15.4. The molecule has 0 bridgehead atoms. The van der Waals surface area contributed by atoms with Crippen LogP contribution in [0.15, 0.2) is 41.3 Å². The Bertz CT molecular complexity index is 1070. The van der Waals surface area contributed by atoms with E-state index in [9.17, 15) is 23.3 Å². The third kappa shape index (κ3) is 4.68. The van der Waals surface area contributed by atoms with Crippen molar-refractivity contribution in [2.24, 2.45) is 0 Å². The van der Waals surface area contributed by atoms with Crippen LogP contribution < -0.4 is 5.32 Å². The quantitative estimate of drug-likeness (QED) is 0.568. The summed E-state index contributed by atoms with van der Waals surface area (Å²) in [5.74, 6) is -0.542. The minimum absolute atomic E-state index is 0.129. The van der Waals surface area contributed by atoms with Crippen molar-refractivity contribution < 1.29 is 18.1 Å². The second-order valence-corrected chi connectivity index (χ2v) is 9.42. The van der Waals surface area contributed by atoms with Crippen LogP contribution in [0.4, 0.5) is 11.4 Å². The van der Waals surface area contributed by atoms with Crippen LogP contribution in [0.1, 0.15) is 47.2 Å². The molecule has 0 radical (unpaired) electrons. The summed E-state index contributed by atoms with van der Waals surface area (Å²) in [6.07, 6.45) is 3.70. The fourth-order valence-corrected chi connectivity index (χ4v) is 5.30. The number of hydrogen-bond acceptors (Lipinski definition) is 5. The summed E-state index contributed by atoms with van der Waals surface area (Å²) >= 11 is 0. The van der Waals surface area contributed by atoms with Gasteiger partial charge in [0.05, 0.1) is 9.82 Å². The third-order valence-corrected chi connectivity index (χ3v) is 7.34. The maximum Gasteiger partial charge on any atom is 0.273 e. The predicted molar refractivity (Wildman–Crippen MR) is 114 cm³/mol. The number of nitrogens with zero attached hydrogens (tertiary/aromatic N) is 2. The van der Waals surface area contributed by atoms with Crippen LogP contribution >= 0.6 is 0 Å². The number of hydrogen-bond donors (Lipinski definition) is 1. The highest BCUT2D eigenvalue weighted by Gasteiger charge is 2.27. The van der Waals surface area contributed by atoms with E-state index in [1.54, 1.807) is 26.0 Å². The van der Waals surface area contributed by atoms with E-state index < -0.39 is 20.9 Å². The van der Waals surface area contributed by atoms with E-state index in [4.69, 9.17) is 0 Å². The van der Waals surface area contributed by atoms with Crippen LogP contribution in [0.2, 0.25) is 0 Å². The highest BCUT2D eigenvalue weighted by molar-refractivity contribution is 7.89. The molecule has 1 amide bonds. The molecular weight excluding hydrogens is 406 g/mol. The standard InChI is InChI=1S/C21H25N3O5S/c1-15-7-9-17(13-19(15)24(26)27)21(25)22-18-10-8-16(2)20(14-18)30(28,29)23-11-5-3-4-6-12-23/h7-10,13-14H,3-6,11-12H2,1-2H3,(H,22,25). The Kier molecular flexibility index (Phi) is 6.52. The Balaban J connectivity index is 1.87. The van der Waals surface area contributed by atoms with Gasteiger partial charge >= 0.3 is 0 Å².